The van der Waals surface area contributed by atoms with Crippen molar-refractivity contribution < 1.29 is 0 Å². The van der Waals surface area contributed by atoms with Crippen LogP contribution in [0.5, 0.6) is 0 Å². The van der Waals surface area contributed by atoms with Gasteiger partial charge in [0.1, 0.15) is 0 Å². The van der Waals surface area contributed by atoms with E-state index in [-0.39, 0.29) is 0 Å². The highest BCUT2D eigenvalue weighted by atomic mass is 32.1. The first kappa shape index (κ1) is 10.7. The first-order valence-electron chi connectivity index (χ1n) is 4.76. The highest BCUT2D eigenvalue weighted by Crippen LogP contribution is 2.38. The molecule has 0 saturated heterocycles. The van der Waals surface area contributed by atoms with Gasteiger partial charge in [0.25, 0.3) is 0 Å². The second-order valence-corrected chi connectivity index (χ2v) is 6.01. The van der Waals surface area contributed by atoms with Crippen molar-refractivity contribution in [2.45, 2.75) is 47.5 Å². The molecule has 0 amide bonds. The number of thiazole rings is 1. The Hall–Kier alpha value is -0.370. The topological polar surface area (TPSA) is 12.9 Å². The summed E-state index contributed by atoms with van der Waals surface area (Å²) >= 11 is 1.84. The fraction of sp³-hybridized carbons (Fsp3) is 0.727. The van der Waals surface area contributed by atoms with E-state index in [4.69, 9.17) is 0 Å². The normalized spacial score (nSPS) is 14.6. The predicted molar refractivity (Wildman–Crippen MR) is 59.5 cm³/mol. The van der Waals surface area contributed by atoms with Crippen molar-refractivity contribution in [1.29, 1.82) is 0 Å². The molecule has 0 aliphatic carbocycles. The Kier molecular flexibility index (Phi) is 2.81. The first-order valence-corrected chi connectivity index (χ1v) is 5.58. The summed E-state index contributed by atoms with van der Waals surface area (Å²) < 4.78 is 0. The zero-order valence-electron chi connectivity index (χ0n) is 9.43. The molecule has 1 heterocycles. The molecule has 0 saturated carbocycles. The molecule has 1 unspecified atom stereocenters. The van der Waals surface area contributed by atoms with Crippen LogP contribution in [-0.4, -0.2) is 4.98 Å². The van der Waals surface area contributed by atoms with Crippen molar-refractivity contribution in [3.63, 3.8) is 0 Å². The third kappa shape index (κ3) is 2.31. The van der Waals surface area contributed by atoms with Crippen molar-refractivity contribution >= 4 is 11.3 Å². The van der Waals surface area contributed by atoms with Crippen LogP contribution in [0, 0.1) is 19.3 Å². The Morgan fingerprint density at radius 1 is 1.23 bits per heavy atom. The zero-order chi connectivity index (χ0) is 10.2. The van der Waals surface area contributed by atoms with Gasteiger partial charge < -0.3 is 0 Å². The van der Waals surface area contributed by atoms with Gasteiger partial charge in [0, 0.05) is 4.88 Å². The Morgan fingerprint density at radius 2 is 1.77 bits per heavy atom. The van der Waals surface area contributed by atoms with Crippen LogP contribution in [0.2, 0.25) is 0 Å². The van der Waals surface area contributed by atoms with E-state index >= 15 is 0 Å². The molecule has 0 aliphatic heterocycles. The SMILES string of the molecule is Cc1nc(C)c(C(C)C(C)(C)C)s1. The second kappa shape index (κ2) is 3.41. The molecule has 13 heavy (non-hydrogen) atoms. The van der Waals surface area contributed by atoms with Gasteiger partial charge in [-0.05, 0) is 25.2 Å². The molecule has 0 aliphatic rings. The van der Waals surface area contributed by atoms with Crippen LogP contribution in [-0.2, 0) is 0 Å². The molecular formula is C11H19NS. The van der Waals surface area contributed by atoms with E-state index in [0.29, 0.717) is 11.3 Å². The van der Waals surface area contributed by atoms with E-state index in [9.17, 15) is 0 Å². The van der Waals surface area contributed by atoms with Gasteiger partial charge in [-0.2, -0.15) is 0 Å². The first-order chi connectivity index (χ1) is 5.82. The van der Waals surface area contributed by atoms with Crippen molar-refractivity contribution in [2.24, 2.45) is 5.41 Å². The molecule has 0 fully saturated rings. The van der Waals surface area contributed by atoms with Gasteiger partial charge >= 0.3 is 0 Å². The summed E-state index contributed by atoms with van der Waals surface area (Å²) in [6.07, 6.45) is 0. The minimum Gasteiger partial charge on any atom is -0.247 e. The summed E-state index contributed by atoms with van der Waals surface area (Å²) in [5.74, 6) is 0.596. The van der Waals surface area contributed by atoms with E-state index in [1.807, 2.05) is 11.3 Å². The van der Waals surface area contributed by atoms with Gasteiger partial charge in [0.05, 0.1) is 10.7 Å². The van der Waals surface area contributed by atoms with Crippen molar-refractivity contribution in [1.82, 2.24) is 4.98 Å². The Bertz CT molecular complexity index is 294. The number of aryl methyl sites for hydroxylation is 2. The van der Waals surface area contributed by atoms with E-state index < -0.39 is 0 Å². The summed E-state index contributed by atoms with van der Waals surface area (Å²) in [5, 5.41) is 1.18. The van der Waals surface area contributed by atoms with Crippen LogP contribution in [0.15, 0.2) is 0 Å². The lowest BCUT2D eigenvalue weighted by atomic mass is 9.81. The molecule has 74 valence electrons. The van der Waals surface area contributed by atoms with Gasteiger partial charge in [-0.3, -0.25) is 0 Å². The molecular weight excluding hydrogens is 178 g/mol. The largest absolute Gasteiger partial charge is 0.247 e. The predicted octanol–water partition coefficient (Wildman–Crippen LogP) is 3.91. The quantitative estimate of drug-likeness (QED) is 0.665. The van der Waals surface area contributed by atoms with E-state index in [1.165, 1.54) is 15.6 Å². The van der Waals surface area contributed by atoms with Crippen molar-refractivity contribution in [3.8, 4) is 0 Å². The molecule has 1 aromatic rings. The van der Waals surface area contributed by atoms with Gasteiger partial charge in [-0.25, -0.2) is 4.98 Å². The van der Waals surface area contributed by atoms with Crippen molar-refractivity contribution in [2.75, 3.05) is 0 Å². The summed E-state index contributed by atoms with van der Waals surface area (Å²) in [5.41, 5.74) is 1.55. The Balaban J connectivity index is 3.01. The van der Waals surface area contributed by atoms with Crippen LogP contribution in [0.1, 0.15) is 49.2 Å². The maximum atomic E-state index is 4.46. The van der Waals surface area contributed by atoms with E-state index in [0.717, 1.165) is 0 Å². The molecule has 2 heteroatoms. The summed E-state index contributed by atoms with van der Waals surface area (Å²) in [6, 6.07) is 0. The molecule has 0 N–H and O–H groups in total. The fourth-order valence-corrected chi connectivity index (χ4v) is 2.57. The number of rotatable bonds is 1. The summed E-state index contributed by atoms with van der Waals surface area (Å²) in [7, 11) is 0. The molecule has 1 nitrogen and oxygen atoms in total. The van der Waals surface area contributed by atoms with Crippen LogP contribution in [0.3, 0.4) is 0 Å². The monoisotopic (exact) mass is 197 g/mol. The van der Waals surface area contributed by atoms with Gasteiger partial charge in [-0.15, -0.1) is 11.3 Å². The van der Waals surface area contributed by atoms with Gasteiger partial charge in [0.15, 0.2) is 0 Å². The minimum absolute atomic E-state index is 0.337. The van der Waals surface area contributed by atoms with Crippen LogP contribution >= 0.6 is 11.3 Å². The smallest absolute Gasteiger partial charge is 0.0900 e. The highest BCUT2D eigenvalue weighted by Gasteiger charge is 2.24. The van der Waals surface area contributed by atoms with Crippen LogP contribution < -0.4 is 0 Å². The molecule has 0 radical (unpaired) electrons. The molecule has 1 atom stereocenters. The summed E-state index contributed by atoms with van der Waals surface area (Å²) in [4.78, 5) is 5.91. The van der Waals surface area contributed by atoms with Crippen molar-refractivity contribution in [3.05, 3.63) is 15.6 Å². The Morgan fingerprint density at radius 3 is 2.08 bits per heavy atom. The van der Waals surface area contributed by atoms with Crippen LogP contribution in [0.25, 0.3) is 0 Å². The lowest BCUT2D eigenvalue weighted by molar-refractivity contribution is 0.342. The molecule has 0 aromatic carbocycles. The van der Waals surface area contributed by atoms with E-state index in [1.54, 1.807) is 0 Å². The standard InChI is InChI=1S/C11H19NS/c1-7(11(4,5)6)10-8(2)12-9(3)13-10/h7H,1-6H3. The van der Waals surface area contributed by atoms with Gasteiger partial charge in [0.2, 0.25) is 0 Å². The van der Waals surface area contributed by atoms with E-state index in [2.05, 4.69) is 46.5 Å². The lowest BCUT2D eigenvalue weighted by Gasteiger charge is -2.26. The average Bonchev–Trinajstić information content (AvgIpc) is 2.26. The maximum absolute atomic E-state index is 4.46. The zero-order valence-corrected chi connectivity index (χ0v) is 10.2. The summed E-state index contributed by atoms with van der Waals surface area (Å²) in [6.45, 7) is 13.3. The van der Waals surface area contributed by atoms with Crippen LogP contribution in [0.4, 0.5) is 0 Å². The molecule has 0 spiro atoms. The third-order valence-corrected chi connectivity index (χ3v) is 3.89. The fourth-order valence-electron chi connectivity index (χ4n) is 1.34. The minimum atomic E-state index is 0.337. The second-order valence-electron chi connectivity index (χ2n) is 4.77. The van der Waals surface area contributed by atoms with Gasteiger partial charge in [-0.1, -0.05) is 27.7 Å². The maximum Gasteiger partial charge on any atom is 0.0900 e. The number of nitrogens with zero attached hydrogens (tertiary/aromatic N) is 1. The number of aromatic nitrogens is 1. The average molecular weight is 197 g/mol. The highest BCUT2D eigenvalue weighted by molar-refractivity contribution is 7.11. The Labute approximate surface area is 85.2 Å². The molecule has 1 rings (SSSR count). The number of hydrogen-bond acceptors (Lipinski definition) is 2. The molecule has 0 bridgehead atoms. The number of hydrogen-bond donors (Lipinski definition) is 0. The lowest BCUT2D eigenvalue weighted by Crippen LogP contribution is -2.14. The third-order valence-electron chi connectivity index (χ3n) is 2.63. The molecule has 1 aromatic heterocycles.